The summed E-state index contributed by atoms with van der Waals surface area (Å²) in [5.41, 5.74) is 0. The molecule has 1 aliphatic rings. The second-order valence-electron chi connectivity index (χ2n) is 4.94. The van der Waals surface area contributed by atoms with Gasteiger partial charge >= 0.3 is 0 Å². The first-order valence-corrected chi connectivity index (χ1v) is 6.84. The molecular weight excluding hydrogens is 198 g/mol. The molecule has 3 nitrogen and oxygen atoms in total. The maximum Gasteiger partial charge on any atom is 0.214 e. The van der Waals surface area contributed by atoms with E-state index in [-0.39, 0.29) is 12.0 Å². The highest BCUT2D eigenvalue weighted by Crippen LogP contribution is 2.34. The zero-order valence-electron chi connectivity index (χ0n) is 9.69. The molecule has 1 aliphatic heterocycles. The molecule has 0 spiro atoms. The van der Waals surface area contributed by atoms with Crippen molar-refractivity contribution in [2.45, 2.75) is 33.7 Å². The van der Waals surface area contributed by atoms with E-state index in [1.54, 1.807) is 11.4 Å². The van der Waals surface area contributed by atoms with Gasteiger partial charge in [0.15, 0.2) is 0 Å². The van der Waals surface area contributed by atoms with Crippen molar-refractivity contribution in [1.29, 1.82) is 0 Å². The van der Waals surface area contributed by atoms with Gasteiger partial charge in [-0.15, -0.1) is 0 Å². The van der Waals surface area contributed by atoms with Crippen molar-refractivity contribution in [1.82, 2.24) is 4.31 Å². The molecule has 0 bridgehead atoms. The minimum absolute atomic E-state index is 0.181. The minimum atomic E-state index is -2.98. The molecule has 0 aromatic heterocycles. The first kappa shape index (κ1) is 12.0. The largest absolute Gasteiger partial charge is 0.214 e. The molecule has 0 saturated carbocycles. The predicted molar refractivity (Wildman–Crippen MR) is 58.5 cm³/mol. The average Bonchev–Trinajstić information content (AvgIpc) is 2.23. The van der Waals surface area contributed by atoms with E-state index in [2.05, 4.69) is 27.7 Å². The van der Waals surface area contributed by atoms with Gasteiger partial charge in [-0.2, -0.15) is 0 Å². The molecular formula is C10H21NO2S. The highest BCUT2D eigenvalue weighted by Gasteiger charge is 2.44. The molecule has 0 aromatic carbocycles. The highest BCUT2D eigenvalue weighted by molar-refractivity contribution is 7.89. The quantitative estimate of drug-likeness (QED) is 0.707. The standard InChI is InChI=1S/C10H21NO2S/c1-7(2)9-6-14(12,13)11(5)10(9)8(3)4/h7-10H,6H2,1-5H3/t9-,10+/m0/s1. The summed E-state index contributed by atoms with van der Waals surface area (Å²) in [6.07, 6.45) is 0. The van der Waals surface area contributed by atoms with Crippen molar-refractivity contribution in [2.75, 3.05) is 12.8 Å². The third-order valence-corrected chi connectivity index (χ3v) is 5.17. The molecule has 2 atom stereocenters. The molecule has 0 aromatic rings. The summed E-state index contributed by atoms with van der Waals surface area (Å²) < 4.78 is 25.0. The van der Waals surface area contributed by atoms with Crippen LogP contribution >= 0.6 is 0 Å². The molecule has 0 radical (unpaired) electrons. The van der Waals surface area contributed by atoms with Gasteiger partial charge in [-0.3, -0.25) is 0 Å². The maximum atomic E-state index is 11.7. The Morgan fingerprint density at radius 2 is 1.64 bits per heavy atom. The molecule has 1 rings (SSSR count). The van der Waals surface area contributed by atoms with Crippen molar-refractivity contribution in [3.8, 4) is 0 Å². The minimum Gasteiger partial charge on any atom is -0.212 e. The van der Waals surface area contributed by atoms with Crippen molar-refractivity contribution in [3.63, 3.8) is 0 Å². The summed E-state index contributed by atoms with van der Waals surface area (Å²) >= 11 is 0. The van der Waals surface area contributed by atoms with Crippen LogP contribution < -0.4 is 0 Å². The van der Waals surface area contributed by atoms with Crippen LogP contribution in [0.15, 0.2) is 0 Å². The summed E-state index contributed by atoms with van der Waals surface area (Å²) in [7, 11) is -1.27. The lowest BCUT2D eigenvalue weighted by molar-refractivity contribution is 0.212. The monoisotopic (exact) mass is 219 g/mol. The predicted octanol–water partition coefficient (Wildman–Crippen LogP) is 1.56. The molecule has 14 heavy (non-hydrogen) atoms. The third-order valence-electron chi connectivity index (χ3n) is 3.24. The van der Waals surface area contributed by atoms with Crippen LogP contribution in [0.2, 0.25) is 0 Å². The van der Waals surface area contributed by atoms with E-state index in [4.69, 9.17) is 0 Å². The van der Waals surface area contributed by atoms with Gasteiger partial charge in [-0.25, -0.2) is 12.7 Å². The number of nitrogens with zero attached hydrogens (tertiary/aromatic N) is 1. The lowest BCUT2D eigenvalue weighted by Crippen LogP contribution is -2.37. The van der Waals surface area contributed by atoms with E-state index in [0.717, 1.165) is 0 Å². The van der Waals surface area contributed by atoms with Crippen LogP contribution in [0.25, 0.3) is 0 Å². The van der Waals surface area contributed by atoms with Crippen LogP contribution in [0.4, 0.5) is 0 Å². The van der Waals surface area contributed by atoms with E-state index < -0.39 is 10.0 Å². The number of rotatable bonds is 2. The van der Waals surface area contributed by atoms with Crippen molar-refractivity contribution >= 4 is 10.0 Å². The Balaban J connectivity index is 3.00. The summed E-state index contributed by atoms with van der Waals surface area (Å²) in [6.45, 7) is 8.40. The van der Waals surface area contributed by atoms with Gasteiger partial charge in [0, 0.05) is 13.1 Å². The fourth-order valence-corrected chi connectivity index (χ4v) is 4.49. The van der Waals surface area contributed by atoms with E-state index in [9.17, 15) is 8.42 Å². The molecule has 1 fully saturated rings. The molecule has 0 unspecified atom stereocenters. The first-order valence-electron chi connectivity index (χ1n) is 5.23. The molecule has 0 amide bonds. The van der Waals surface area contributed by atoms with E-state index in [1.807, 2.05) is 0 Å². The van der Waals surface area contributed by atoms with Gasteiger partial charge in [0.1, 0.15) is 0 Å². The van der Waals surface area contributed by atoms with Gasteiger partial charge in [0.25, 0.3) is 0 Å². The van der Waals surface area contributed by atoms with Gasteiger partial charge < -0.3 is 0 Å². The fraction of sp³-hybridized carbons (Fsp3) is 1.00. The Morgan fingerprint density at radius 1 is 1.14 bits per heavy atom. The van der Waals surface area contributed by atoms with Crippen LogP contribution in [0.1, 0.15) is 27.7 Å². The van der Waals surface area contributed by atoms with Crippen LogP contribution in [0.5, 0.6) is 0 Å². The number of hydrogen-bond acceptors (Lipinski definition) is 2. The lowest BCUT2D eigenvalue weighted by Gasteiger charge is -2.28. The second-order valence-corrected chi connectivity index (χ2v) is 7.01. The van der Waals surface area contributed by atoms with E-state index >= 15 is 0 Å². The van der Waals surface area contributed by atoms with Crippen LogP contribution in [-0.4, -0.2) is 31.6 Å². The van der Waals surface area contributed by atoms with Crippen molar-refractivity contribution in [3.05, 3.63) is 0 Å². The topological polar surface area (TPSA) is 37.4 Å². The zero-order chi connectivity index (χ0) is 11.1. The highest BCUT2D eigenvalue weighted by atomic mass is 32.2. The third kappa shape index (κ3) is 1.96. The molecule has 84 valence electrons. The SMILES string of the molecule is CC(C)[C@@H]1[C@H](C(C)C)CS(=O)(=O)N1C. The van der Waals surface area contributed by atoms with Crippen LogP contribution in [0.3, 0.4) is 0 Å². The van der Waals surface area contributed by atoms with Crippen molar-refractivity contribution in [2.24, 2.45) is 17.8 Å². The smallest absolute Gasteiger partial charge is 0.212 e. The average molecular weight is 219 g/mol. The molecule has 1 heterocycles. The summed E-state index contributed by atoms with van der Waals surface area (Å²) in [6, 6.07) is 0.181. The van der Waals surface area contributed by atoms with Crippen LogP contribution in [0, 0.1) is 17.8 Å². The fourth-order valence-electron chi connectivity index (χ4n) is 2.42. The normalized spacial score (nSPS) is 33.1. The van der Waals surface area contributed by atoms with E-state index in [1.165, 1.54) is 0 Å². The molecule has 1 saturated heterocycles. The molecule has 4 heteroatoms. The van der Waals surface area contributed by atoms with Crippen molar-refractivity contribution < 1.29 is 8.42 Å². The Kier molecular flexibility index (Phi) is 3.26. The zero-order valence-corrected chi connectivity index (χ0v) is 10.5. The summed E-state index contributed by atoms with van der Waals surface area (Å²) in [4.78, 5) is 0. The first-order chi connectivity index (χ1) is 6.27. The van der Waals surface area contributed by atoms with E-state index in [0.29, 0.717) is 17.6 Å². The Morgan fingerprint density at radius 3 is 1.93 bits per heavy atom. The van der Waals surface area contributed by atoms with Crippen LogP contribution in [-0.2, 0) is 10.0 Å². The van der Waals surface area contributed by atoms with Gasteiger partial charge in [0.05, 0.1) is 5.75 Å². The van der Waals surface area contributed by atoms with Gasteiger partial charge in [-0.05, 0) is 17.8 Å². The lowest BCUT2D eigenvalue weighted by atomic mass is 9.84. The summed E-state index contributed by atoms with van der Waals surface area (Å²) in [5.74, 6) is 1.43. The Bertz CT molecular complexity index is 295. The number of hydrogen-bond donors (Lipinski definition) is 0. The Labute approximate surface area is 87.5 Å². The summed E-state index contributed by atoms with van der Waals surface area (Å²) in [5, 5.41) is 0. The number of sulfonamides is 1. The maximum absolute atomic E-state index is 11.7. The Hall–Kier alpha value is -0.0900. The van der Waals surface area contributed by atoms with Gasteiger partial charge in [0.2, 0.25) is 10.0 Å². The molecule has 0 aliphatic carbocycles. The van der Waals surface area contributed by atoms with Gasteiger partial charge in [-0.1, -0.05) is 27.7 Å². The molecule has 0 N–H and O–H groups in total. The second kappa shape index (κ2) is 3.81.